The molecule has 2 heterocycles. The molecule has 16 heavy (non-hydrogen) atoms. The molecule has 6 heteroatoms. The predicted molar refractivity (Wildman–Crippen MR) is 56.2 cm³/mol. The standard InChI is InChI=1S/C10H17ClO5/c1-9(2)15-6-7(16-9)10(12,4-11)5-14-8(6)13-3/h6-8,12H,4-5H2,1-3H3/t6-,7+,8-,10-/m1/s1. The van der Waals surface area contributed by atoms with E-state index in [9.17, 15) is 5.11 Å². The van der Waals surface area contributed by atoms with Gasteiger partial charge in [0.1, 0.15) is 17.8 Å². The molecule has 0 bridgehead atoms. The number of hydrogen-bond donors (Lipinski definition) is 1. The molecule has 0 aromatic carbocycles. The average molecular weight is 253 g/mol. The average Bonchev–Trinajstić information content (AvgIpc) is 2.56. The zero-order valence-corrected chi connectivity index (χ0v) is 10.4. The van der Waals surface area contributed by atoms with Gasteiger partial charge in [-0.2, -0.15) is 0 Å². The molecule has 0 aliphatic carbocycles. The molecule has 2 saturated heterocycles. The second-order valence-electron chi connectivity index (χ2n) is 4.67. The van der Waals surface area contributed by atoms with Crippen LogP contribution in [0, 0.1) is 0 Å². The van der Waals surface area contributed by atoms with Gasteiger partial charge in [0.2, 0.25) is 0 Å². The van der Waals surface area contributed by atoms with Crippen LogP contribution in [0.5, 0.6) is 0 Å². The Balaban J connectivity index is 2.23. The van der Waals surface area contributed by atoms with Crippen LogP contribution in [0.4, 0.5) is 0 Å². The van der Waals surface area contributed by atoms with Crippen LogP contribution < -0.4 is 0 Å². The number of aliphatic hydroxyl groups is 1. The van der Waals surface area contributed by atoms with E-state index in [1.54, 1.807) is 13.8 Å². The lowest BCUT2D eigenvalue weighted by molar-refractivity contribution is -0.259. The minimum atomic E-state index is -1.23. The molecule has 1 N–H and O–H groups in total. The third-order valence-electron chi connectivity index (χ3n) is 2.89. The zero-order chi connectivity index (χ0) is 12.0. The van der Waals surface area contributed by atoms with E-state index >= 15 is 0 Å². The molecule has 2 aliphatic rings. The van der Waals surface area contributed by atoms with Gasteiger partial charge in [0.25, 0.3) is 0 Å². The van der Waals surface area contributed by atoms with Crippen molar-refractivity contribution in [2.24, 2.45) is 0 Å². The van der Waals surface area contributed by atoms with Crippen molar-refractivity contribution in [3.63, 3.8) is 0 Å². The summed E-state index contributed by atoms with van der Waals surface area (Å²) in [5.41, 5.74) is -1.23. The van der Waals surface area contributed by atoms with Gasteiger partial charge in [0.05, 0.1) is 12.5 Å². The fourth-order valence-corrected chi connectivity index (χ4v) is 2.35. The van der Waals surface area contributed by atoms with Gasteiger partial charge in [-0.05, 0) is 13.8 Å². The van der Waals surface area contributed by atoms with E-state index in [0.717, 1.165) is 0 Å². The first-order chi connectivity index (χ1) is 7.42. The Morgan fingerprint density at radius 3 is 2.69 bits per heavy atom. The number of fused-ring (bicyclic) bond motifs is 1. The van der Waals surface area contributed by atoms with Crippen molar-refractivity contribution in [3.05, 3.63) is 0 Å². The minimum absolute atomic E-state index is 0.0318. The van der Waals surface area contributed by atoms with E-state index < -0.39 is 29.9 Å². The lowest BCUT2D eigenvalue weighted by Gasteiger charge is -2.41. The largest absolute Gasteiger partial charge is 0.383 e. The van der Waals surface area contributed by atoms with Crippen molar-refractivity contribution in [1.82, 2.24) is 0 Å². The van der Waals surface area contributed by atoms with Crippen molar-refractivity contribution in [2.45, 2.75) is 43.7 Å². The van der Waals surface area contributed by atoms with Gasteiger partial charge in [-0.25, -0.2) is 0 Å². The van der Waals surface area contributed by atoms with E-state index in [-0.39, 0.29) is 12.5 Å². The fourth-order valence-electron chi connectivity index (χ4n) is 2.12. The SMILES string of the molecule is CO[C@@H]1OC[C@](O)(CCl)[C@H]2OC(C)(C)O[C@@H]12. The summed E-state index contributed by atoms with van der Waals surface area (Å²) in [7, 11) is 1.53. The van der Waals surface area contributed by atoms with E-state index in [1.807, 2.05) is 0 Å². The van der Waals surface area contributed by atoms with Crippen LogP contribution in [0.2, 0.25) is 0 Å². The number of methoxy groups -OCH3 is 1. The Morgan fingerprint density at radius 2 is 2.12 bits per heavy atom. The summed E-state index contributed by atoms with van der Waals surface area (Å²) in [5.74, 6) is -0.732. The quantitative estimate of drug-likeness (QED) is 0.725. The Morgan fingerprint density at radius 1 is 1.44 bits per heavy atom. The van der Waals surface area contributed by atoms with Crippen LogP contribution in [-0.4, -0.2) is 54.6 Å². The highest BCUT2D eigenvalue weighted by atomic mass is 35.5. The lowest BCUT2D eigenvalue weighted by atomic mass is 9.92. The first kappa shape index (κ1) is 12.5. The number of alkyl halides is 1. The summed E-state index contributed by atoms with van der Waals surface area (Å²) in [4.78, 5) is 0. The van der Waals surface area contributed by atoms with Gasteiger partial charge < -0.3 is 24.1 Å². The van der Waals surface area contributed by atoms with Gasteiger partial charge in [0.15, 0.2) is 12.1 Å². The number of hydrogen-bond acceptors (Lipinski definition) is 5. The maximum atomic E-state index is 10.3. The van der Waals surface area contributed by atoms with Gasteiger partial charge in [-0.1, -0.05) is 0 Å². The Hall–Kier alpha value is 0.0900. The maximum absolute atomic E-state index is 10.3. The molecule has 5 nitrogen and oxygen atoms in total. The normalized spacial score (nSPS) is 46.7. The van der Waals surface area contributed by atoms with E-state index in [4.69, 9.17) is 30.5 Å². The number of rotatable bonds is 2. The van der Waals surface area contributed by atoms with Gasteiger partial charge >= 0.3 is 0 Å². The van der Waals surface area contributed by atoms with Crippen LogP contribution in [0.3, 0.4) is 0 Å². The molecule has 2 fully saturated rings. The van der Waals surface area contributed by atoms with Crippen molar-refractivity contribution in [2.75, 3.05) is 19.6 Å². The molecule has 2 aliphatic heterocycles. The number of halogens is 1. The molecule has 0 spiro atoms. The third-order valence-corrected chi connectivity index (χ3v) is 3.35. The molecule has 0 amide bonds. The summed E-state index contributed by atoms with van der Waals surface area (Å²) in [5, 5.41) is 10.3. The molecule has 0 aromatic rings. The Labute approximate surface area is 99.6 Å². The molecule has 0 saturated carbocycles. The maximum Gasteiger partial charge on any atom is 0.186 e. The lowest BCUT2D eigenvalue weighted by Crippen LogP contribution is -2.61. The van der Waals surface area contributed by atoms with Crippen LogP contribution in [0.15, 0.2) is 0 Å². The Bertz CT molecular complexity index is 272. The van der Waals surface area contributed by atoms with Crippen LogP contribution in [0.1, 0.15) is 13.8 Å². The van der Waals surface area contributed by atoms with E-state index in [0.29, 0.717) is 0 Å². The molecule has 94 valence electrons. The van der Waals surface area contributed by atoms with Gasteiger partial charge in [-0.15, -0.1) is 11.6 Å². The molecular weight excluding hydrogens is 236 g/mol. The van der Waals surface area contributed by atoms with Gasteiger partial charge in [-0.3, -0.25) is 0 Å². The minimum Gasteiger partial charge on any atom is -0.383 e. The van der Waals surface area contributed by atoms with Crippen molar-refractivity contribution >= 4 is 11.6 Å². The monoisotopic (exact) mass is 252 g/mol. The van der Waals surface area contributed by atoms with Crippen molar-refractivity contribution in [3.8, 4) is 0 Å². The third kappa shape index (κ3) is 1.96. The highest BCUT2D eigenvalue weighted by molar-refractivity contribution is 6.18. The summed E-state index contributed by atoms with van der Waals surface area (Å²) in [6.45, 7) is 3.65. The van der Waals surface area contributed by atoms with Crippen LogP contribution in [0.25, 0.3) is 0 Å². The van der Waals surface area contributed by atoms with Crippen LogP contribution in [-0.2, 0) is 18.9 Å². The molecule has 0 radical (unpaired) electrons. The second-order valence-corrected chi connectivity index (χ2v) is 4.94. The number of ether oxygens (including phenoxy) is 4. The topological polar surface area (TPSA) is 57.2 Å². The first-order valence-corrected chi connectivity index (χ1v) is 5.74. The predicted octanol–water partition coefficient (Wildman–Crippen LogP) is 0.479. The first-order valence-electron chi connectivity index (χ1n) is 5.20. The molecule has 0 unspecified atom stereocenters. The molecule has 2 rings (SSSR count). The van der Waals surface area contributed by atoms with Crippen molar-refractivity contribution < 1.29 is 24.1 Å². The molecular formula is C10H17ClO5. The smallest absolute Gasteiger partial charge is 0.186 e. The zero-order valence-electron chi connectivity index (χ0n) is 9.60. The van der Waals surface area contributed by atoms with Gasteiger partial charge in [0, 0.05) is 7.11 Å². The highest BCUT2D eigenvalue weighted by Crippen LogP contribution is 2.40. The molecule has 4 atom stereocenters. The van der Waals surface area contributed by atoms with E-state index in [1.165, 1.54) is 7.11 Å². The molecule has 0 aromatic heterocycles. The summed E-state index contributed by atoms with van der Waals surface area (Å²) < 4.78 is 21.9. The second kappa shape index (κ2) is 4.08. The van der Waals surface area contributed by atoms with Crippen LogP contribution >= 0.6 is 11.6 Å². The van der Waals surface area contributed by atoms with Crippen molar-refractivity contribution in [1.29, 1.82) is 0 Å². The summed E-state index contributed by atoms with van der Waals surface area (Å²) >= 11 is 5.77. The van der Waals surface area contributed by atoms with E-state index in [2.05, 4.69) is 0 Å². The highest BCUT2D eigenvalue weighted by Gasteiger charge is 2.58. The summed E-state index contributed by atoms with van der Waals surface area (Å²) in [6, 6.07) is 0. The summed E-state index contributed by atoms with van der Waals surface area (Å²) in [6.07, 6.45) is -1.52. The Kier molecular flexibility index (Phi) is 3.20. The fraction of sp³-hybridized carbons (Fsp3) is 1.00.